The Bertz CT molecular complexity index is 524. The molecule has 0 aliphatic heterocycles. The molecule has 0 aromatic carbocycles. The van der Waals surface area contributed by atoms with Crippen molar-refractivity contribution in [2.45, 2.75) is 37.6 Å². The van der Waals surface area contributed by atoms with Crippen molar-refractivity contribution in [1.82, 2.24) is 9.62 Å². The van der Waals surface area contributed by atoms with E-state index in [1.165, 1.54) is 15.6 Å². The van der Waals surface area contributed by atoms with Gasteiger partial charge in [-0.1, -0.05) is 0 Å². The Balaban J connectivity index is 2.79. The number of nitrogens with zero attached hydrogens (tertiary/aromatic N) is 1. The van der Waals surface area contributed by atoms with Gasteiger partial charge in [-0.15, -0.1) is 11.3 Å². The Hall–Kier alpha value is -0.470. The molecule has 1 heterocycles. The van der Waals surface area contributed by atoms with Gasteiger partial charge in [0.2, 0.25) is 0 Å². The lowest BCUT2D eigenvalue weighted by Crippen LogP contribution is -2.30. The lowest BCUT2D eigenvalue weighted by molar-refractivity contribution is 0.0737. The van der Waals surface area contributed by atoms with Crippen LogP contribution in [0.5, 0.6) is 0 Å². The van der Waals surface area contributed by atoms with E-state index in [1.54, 1.807) is 13.1 Å². The van der Waals surface area contributed by atoms with Gasteiger partial charge in [0, 0.05) is 25.0 Å². The molecule has 1 rings (SSSR count). The van der Waals surface area contributed by atoms with Crippen LogP contribution in [-0.2, 0) is 21.3 Å². The zero-order chi connectivity index (χ0) is 15.3. The van der Waals surface area contributed by atoms with Crippen LogP contribution < -0.4 is 5.32 Å². The number of thiophene rings is 1. The van der Waals surface area contributed by atoms with E-state index in [2.05, 4.69) is 5.32 Å². The Morgan fingerprint density at radius 1 is 1.45 bits per heavy atom. The van der Waals surface area contributed by atoms with Gasteiger partial charge in [0.25, 0.3) is 10.0 Å². The molecular formula is C13H24N2O3S2. The average molecular weight is 320 g/mol. The first-order valence-electron chi connectivity index (χ1n) is 6.61. The molecule has 0 saturated heterocycles. The Morgan fingerprint density at radius 3 is 2.65 bits per heavy atom. The fraction of sp³-hybridized carbons (Fsp3) is 0.692. The maximum absolute atomic E-state index is 12.4. The summed E-state index contributed by atoms with van der Waals surface area (Å²) in [5.74, 6) is 0. The maximum atomic E-state index is 12.4. The maximum Gasteiger partial charge on any atom is 0.252 e. The van der Waals surface area contributed by atoms with Crippen molar-refractivity contribution >= 4 is 21.4 Å². The van der Waals surface area contributed by atoms with E-state index in [-0.39, 0.29) is 6.10 Å². The number of rotatable bonds is 8. The first-order chi connectivity index (χ1) is 9.28. The molecule has 0 bridgehead atoms. The number of nitrogens with one attached hydrogen (secondary N) is 1. The van der Waals surface area contributed by atoms with Gasteiger partial charge in [0.1, 0.15) is 4.21 Å². The minimum atomic E-state index is -3.41. The minimum absolute atomic E-state index is 0.109. The molecule has 5 nitrogen and oxygen atoms in total. The SMILES string of the molecule is CNCc1sc(S(=O)(=O)N(C)CCOC(C)C)cc1C. The zero-order valence-electron chi connectivity index (χ0n) is 12.8. The van der Waals surface area contributed by atoms with E-state index in [0.29, 0.717) is 23.9 Å². The molecule has 20 heavy (non-hydrogen) atoms. The fourth-order valence-electron chi connectivity index (χ4n) is 1.64. The van der Waals surface area contributed by atoms with Crippen molar-refractivity contribution in [3.63, 3.8) is 0 Å². The molecule has 7 heteroatoms. The lowest BCUT2D eigenvalue weighted by Gasteiger charge is -2.16. The molecular weight excluding hydrogens is 296 g/mol. The van der Waals surface area contributed by atoms with Crippen LogP contribution in [0.4, 0.5) is 0 Å². The van der Waals surface area contributed by atoms with Crippen molar-refractivity contribution in [3.05, 3.63) is 16.5 Å². The van der Waals surface area contributed by atoms with Crippen LogP contribution in [0.1, 0.15) is 24.3 Å². The van der Waals surface area contributed by atoms with Crippen molar-refractivity contribution in [1.29, 1.82) is 0 Å². The second-order valence-corrected chi connectivity index (χ2v) is 8.36. The predicted molar refractivity (Wildman–Crippen MR) is 82.7 cm³/mol. The highest BCUT2D eigenvalue weighted by Crippen LogP contribution is 2.27. The second-order valence-electron chi connectivity index (χ2n) is 4.95. The summed E-state index contributed by atoms with van der Waals surface area (Å²) in [4.78, 5) is 1.05. The smallest absolute Gasteiger partial charge is 0.252 e. The van der Waals surface area contributed by atoms with E-state index >= 15 is 0 Å². The largest absolute Gasteiger partial charge is 0.377 e. The summed E-state index contributed by atoms with van der Waals surface area (Å²) < 4.78 is 32.0. The predicted octanol–water partition coefficient (Wildman–Crippen LogP) is 1.82. The number of aryl methyl sites for hydroxylation is 1. The zero-order valence-corrected chi connectivity index (χ0v) is 14.4. The summed E-state index contributed by atoms with van der Waals surface area (Å²) >= 11 is 1.33. The monoisotopic (exact) mass is 320 g/mol. The quantitative estimate of drug-likeness (QED) is 0.794. The van der Waals surface area contributed by atoms with E-state index in [1.807, 2.05) is 27.8 Å². The van der Waals surface area contributed by atoms with Gasteiger partial charge < -0.3 is 10.1 Å². The summed E-state index contributed by atoms with van der Waals surface area (Å²) in [6.07, 6.45) is 0.109. The Labute approximate surface area is 126 Å². The van der Waals surface area contributed by atoms with E-state index < -0.39 is 10.0 Å². The van der Waals surface area contributed by atoms with E-state index in [9.17, 15) is 8.42 Å². The highest BCUT2D eigenvalue weighted by Gasteiger charge is 2.23. The minimum Gasteiger partial charge on any atom is -0.377 e. The molecule has 1 aromatic heterocycles. The van der Waals surface area contributed by atoms with Gasteiger partial charge >= 0.3 is 0 Å². The van der Waals surface area contributed by atoms with Crippen LogP contribution in [0.3, 0.4) is 0 Å². The molecule has 0 saturated carbocycles. The topological polar surface area (TPSA) is 58.6 Å². The Morgan fingerprint density at radius 2 is 2.10 bits per heavy atom. The number of hydrogen-bond donors (Lipinski definition) is 1. The third-order valence-electron chi connectivity index (χ3n) is 2.86. The Kier molecular flexibility index (Phi) is 6.60. The highest BCUT2D eigenvalue weighted by molar-refractivity contribution is 7.91. The molecule has 0 radical (unpaired) electrons. The normalized spacial score (nSPS) is 12.6. The van der Waals surface area contributed by atoms with Crippen LogP contribution in [0, 0.1) is 6.92 Å². The highest BCUT2D eigenvalue weighted by atomic mass is 32.2. The fourth-order valence-corrected chi connectivity index (χ4v) is 4.61. The first kappa shape index (κ1) is 17.6. The second kappa shape index (κ2) is 7.51. The molecule has 0 aliphatic carbocycles. The molecule has 1 N–H and O–H groups in total. The van der Waals surface area contributed by atoms with Crippen LogP contribution in [0.15, 0.2) is 10.3 Å². The molecule has 0 spiro atoms. The molecule has 0 aliphatic rings. The molecule has 0 fully saturated rings. The molecule has 0 unspecified atom stereocenters. The van der Waals surface area contributed by atoms with Gasteiger partial charge in [0.15, 0.2) is 0 Å². The number of sulfonamides is 1. The van der Waals surface area contributed by atoms with Crippen molar-refractivity contribution in [3.8, 4) is 0 Å². The molecule has 0 atom stereocenters. The van der Waals surface area contributed by atoms with Crippen LogP contribution in [0.2, 0.25) is 0 Å². The van der Waals surface area contributed by atoms with Gasteiger partial charge in [-0.25, -0.2) is 8.42 Å². The van der Waals surface area contributed by atoms with Gasteiger partial charge in [0.05, 0.1) is 12.7 Å². The van der Waals surface area contributed by atoms with E-state index in [0.717, 1.165) is 10.4 Å². The summed E-state index contributed by atoms with van der Waals surface area (Å²) in [7, 11) is 0.0262. The first-order valence-corrected chi connectivity index (χ1v) is 8.86. The third-order valence-corrected chi connectivity index (χ3v) is 6.40. The number of ether oxygens (including phenoxy) is 1. The summed E-state index contributed by atoms with van der Waals surface area (Å²) in [5, 5.41) is 3.05. The molecule has 116 valence electrons. The molecule has 1 aromatic rings. The number of likely N-dealkylation sites (N-methyl/N-ethyl adjacent to an activating group) is 1. The van der Waals surface area contributed by atoms with Gasteiger partial charge in [-0.2, -0.15) is 4.31 Å². The van der Waals surface area contributed by atoms with Crippen LogP contribution >= 0.6 is 11.3 Å². The van der Waals surface area contributed by atoms with Crippen molar-refractivity contribution in [2.75, 3.05) is 27.2 Å². The summed E-state index contributed by atoms with van der Waals surface area (Å²) in [6.45, 7) is 7.25. The lowest BCUT2D eigenvalue weighted by atomic mass is 10.3. The van der Waals surface area contributed by atoms with Crippen LogP contribution in [0.25, 0.3) is 0 Å². The molecule has 0 amide bonds. The van der Waals surface area contributed by atoms with E-state index in [4.69, 9.17) is 4.74 Å². The van der Waals surface area contributed by atoms with Crippen molar-refractivity contribution < 1.29 is 13.2 Å². The standard InChI is InChI=1S/C13H24N2O3S2/c1-10(2)18-7-6-15(5)20(16,17)13-8-11(3)12(19-13)9-14-4/h8,10,14H,6-7,9H2,1-5H3. The summed E-state index contributed by atoms with van der Waals surface area (Å²) in [6, 6.07) is 1.74. The van der Waals surface area contributed by atoms with Crippen LogP contribution in [-0.4, -0.2) is 46.1 Å². The van der Waals surface area contributed by atoms with Gasteiger partial charge in [-0.3, -0.25) is 0 Å². The van der Waals surface area contributed by atoms with Crippen molar-refractivity contribution in [2.24, 2.45) is 0 Å². The average Bonchev–Trinajstić information content (AvgIpc) is 2.71. The summed E-state index contributed by atoms with van der Waals surface area (Å²) in [5.41, 5.74) is 1.01. The van der Waals surface area contributed by atoms with Gasteiger partial charge in [-0.05, 0) is 39.4 Å². The third kappa shape index (κ3) is 4.53. The number of hydrogen-bond acceptors (Lipinski definition) is 5.